The number of nitrogens with two attached hydrogens (primary N) is 1. The van der Waals surface area contributed by atoms with Crippen molar-refractivity contribution in [2.75, 3.05) is 0 Å². The second-order valence-corrected chi connectivity index (χ2v) is 4.23. The molecule has 0 aliphatic heterocycles. The van der Waals surface area contributed by atoms with E-state index in [1.54, 1.807) is 6.20 Å². The number of aromatic nitrogens is 2. The van der Waals surface area contributed by atoms with Gasteiger partial charge in [0, 0.05) is 4.90 Å². The first-order chi connectivity index (χ1) is 8.29. The van der Waals surface area contributed by atoms with E-state index in [9.17, 15) is 0 Å². The Hall–Kier alpha value is -2.08. The van der Waals surface area contributed by atoms with Crippen molar-refractivity contribution in [1.82, 2.24) is 9.97 Å². The van der Waals surface area contributed by atoms with Crippen molar-refractivity contribution < 1.29 is 5.21 Å². The van der Waals surface area contributed by atoms with E-state index in [0.29, 0.717) is 5.69 Å². The summed E-state index contributed by atoms with van der Waals surface area (Å²) in [5.74, 6) is -0.0474. The molecule has 2 aromatic rings. The summed E-state index contributed by atoms with van der Waals surface area (Å²) in [6.45, 7) is 0. The third-order valence-electron chi connectivity index (χ3n) is 1.96. The Kier molecular flexibility index (Phi) is 3.56. The van der Waals surface area contributed by atoms with Crippen molar-refractivity contribution in [3.63, 3.8) is 0 Å². The van der Waals surface area contributed by atoms with Crippen LogP contribution in [0.15, 0.2) is 57.8 Å². The molecule has 17 heavy (non-hydrogen) atoms. The molecule has 0 amide bonds. The zero-order chi connectivity index (χ0) is 12.1. The van der Waals surface area contributed by atoms with Crippen LogP contribution in [0.3, 0.4) is 0 Å². The van der Waals surface area contributed by atoms with Gasteiger partial charge in [-0.2, -0.15) is 0 Å². The van der Waals surface area contributed by atoms with E-state index in [4.69, 9.17) is 10.9 Å². The highest BCUT2D eigenvalue weighted by Crippen LogP contribution is 2.24. The van der Waals surface area contributed by atoms with Gasteiger partial charge in [-0.15, -0.1) is 0 Å². The Morgan fingerprint density at radius 3 is 2.53 bits per heavy atom. The average Bonchev–Trinajstić information content (AvgIpc) is 2.40. The summed E-state index contributed by atoms with van der Waals surface area (Å²) in [7, 11) is 0. The van der Waals surface area contributed by atoms with Gasteiger partial charge >= 0.3 is 0 Å². The molecule has 86 valence electrons. The van der Waals surface area contributed by atoms with Crippen LogP contribution in [0, 0.1) is 0 Å². The van der Waals surface area contributed by atoms with Crippen LogP contribution in [-0.4, -0.2) is 21.0 Å². The maximum Gasteiger partial charge on any atom is 0.190 e. The van der Waals surface area contributed by atoms with Crippen molar-refractivity contribution in [2.24, 2.45) is 10.9 Å². The molecule has 2 rings (SSSR count). The largest absolute Gasteiger partial charge is 0.409 e. The second kappa shape index (κ2) is 5.31. The van der Waals surface area contributed by atoms with Gasteiger partial charge in [0.05, 0.1) is 12.4 Å². The lowest BCUT2D eigenvalue weighted by atomic mass is 10.4. The fourth-order valence-corrected chi connectivity index (χ4v) is 1.91. The second-order valence-electron chi connectivity index (χ2n) is 3.14. The standard InChI is InChI=1S/C11H10N4OS/c12-11(15-16)9-6-14-10(7-13-9)17-8-4-2-1-3-5-8/h1-7,16H,(H2,12,15). The van der Waals surface area contributed by atoms with E-state index in [-0.39, 0.29) is 5.84 Å². The maximum atomic E-state index is 8.48. The Morgan fingerprint density at radius 1 is 1.18 bits per heavy atom. The molecule has 0 fully saturated rings. The van der Waals surface area contributed by atoms with Gasteiger partial charge < -0.3 is 10.9 Å². The minimum absolute atomic E-state index is 0.0474. The van der Waals surface area contributed by atoms with Crippen LogP contribution in [0.2, 0.25) is 0 Å². The summed E-state index contributed by atoms with van der Waals surface area (Å²) in [6.07, 6.45) is 3.06. The zero-order valence-corrected chi connectivity index (χ0v) is 9.63. The highest BCUT2D eigenvalue weighted by molar-refractivity contribution is 7.99. The number of oxime groups is 1. The highest BCUT2D eigenvalue weighted by atomic mass is 32.2. The van der Waals surface area contributed by atoms with Crippen molar-refractivity contribution >= 4 is 17.6 Å². The minimum atomic E-state index is -0.0474. The summed E-state index contributed by atoms with van der Waals surface area (Å²) in [5.41, 5.74) is 5.74. The molecule has 1 aromatic carbocycles. The van der Waals surface area contributed by atoms with Gasteiger partial charge in [0.15, 0.2) is 5.84 Å². The first-order valence-corrected chi connectivity index (χ1v) is 5.64. The zero-order valence-electron chi connectivity index (χ0n) is 8.82. The molecule has 0 spiro atoms. The van der Waals surface area contributed by atoms with Gasteiger partial charge in [-0.25, -0.2) is 9.97 Å². The fraction of sp³-hybridized carbons (Fsp3) is 0. The van der Waals surface area contributed by atoms with E-state index in [2.05, 4.69) is 15.1 Å². The number of hydrogen-bond acceptors (Lipinski definition) is 5. The van der Waals surface area contributed by atoms with Crippen LogP contribution in [0.1, 0.15) is 5.69 Å². The first-order valence-electron chi connectivity index (χ1n) is 4.82. The number of amidine groups is 1. The minimum Gasteiger partial charge on any atom is -0.409 e. The lowest BCUT2D eigenvalue weighted by Crippen LogP contribution is -2.15. The maximum absolute atomic E-state index is 8.48. The quantitative estimate of drug-likeness (QED) is 0.373. The summed E-state index contributed by atoms with van der Waals surface area (Å²) >= 11 is 1.50. The third-order valence-corrected chi connectivity index (χ3v) is 2.89. The van der Waals surface area contributed by atoms with Crippen LogP contribution in [0.4, 0.5) is 0 Å². The van der Waals surface area contributed by atoms with Gasteiger partial charge in [-0.3, -0.25) is 0 Å². The van der Waals surface area contributed by atoms with Crippen LogP contribution in [0.5, 0.6) is 0 Å². The number of benzene rings is 1. The Bertz CT molecular complexity index is 513. The van der Waals surface area contributed by atoms with Crippen LogP contribution >= 0.6 is 11.8 Å². The molecule has 0 bridgehead atoms. The van der Waals surface area contributed by atoms with E-state index in [0.717, 1.165) is 9.92 Å². The Balaban J connectivity index is 2.14. The van der Waals surface area contributed by atoms with E-state index in [1.807, 2.05) is 30.3 Å². The predicted octanol–water partition coefficient (Wildman–Crippen LogP) is 1.72. The van der Waals surface area contributed by atoms with E-state index >= 15 is 0 Å². The van der Waals surface area contributed by atoms with Crippen LogP contribution < -0.4 is 5.73 Å². The van der Waals surface area contributed by atoms with Crippen molar-refractivity contribution in [2.45, 2.75) is 9.92 Å². The van der Waals surface area contributed by atoms with Gasteiger partial charge in [0.2, 0.25) is 0 Å². The van der Waals surface area contributed by atoms with Gasteiger partial charge in [-0.05, 0) is 12.1 Å². The molecule has 0 aliphatic rings. The molecule has 0 saturated heterocycles. The first kappa shape index (κ1) is 11.4. The molecule has 0 aliphatic carbocycles. The normalized spacial score (nSPS) is 11.4. The molecule has 0 radical (unpaired) electrons. The topological polar surface area (TPSA) is 84.4 Å². The van der Waals surface area contributed by atoms with E-state index in [1.165, 1.54) is 18.0 Å². The van der Waals surface area contributed by atoms with Gasteiger partial charge in [0.1, 0.15) is 10.7 Å². The summed E-state index contributed by atoms with van der Waals surface area (Å²) in [4.78, 5) is 9.30. The highest BCUT2D eigenvalue weighted by Gasteiger charge is 2.03. The van der Waals surface area contributed by atoms with Crippen LogP contribution in [-0.2, 0) is 0 Å². The monoisotopic (exact) mass is 246 g/mol. The Morgan fingerprint density at radius 2 is 1.94 bits per heavy atom. The third kappa shape index (κ3) is 2.94. The average molecular weight is 246 g/mol. The van der Waals surface area contributed by atoms with Crippen molar-refractivity contribution in [1.29, 1.82) is 0 Å². The molecule has 1 heterocycles. The molecule has 0 unspecified atom stereocenters. The smallest absolute Gasteiger partial charge is 0.190 e. The summed E-state index contributed by atoms with van der Waals surface area (Å²) in [5, 5.41) is 12.1. The van der Waals surface area contributed by atoms with Gasteiger partial charge in [0.25, 0.3) is 0 Å². The molecule has 0 atom stereocenters. The van der Waals surface area contributed by atoms with Gasteiger partial charge in [-0.1, -0.05) is 35.1 Å². The molecule has 3 N–H and O–H groups in total. The SMILES string of the molecule is NC(=NO)c1cnc(Sc2ccccc2)cn1. The van der Waals surface area contributed by atoms with Crippen molar-refractivity contribution in [3.05, 3.63) is 48.4 Å². The summed E-state index contributed by atoms with van der Waals surface area (Å²) < 4.78 is 0. The van der Waals surface area contributed by atoms with E-state index < -0.39 is 0 Å². The lowest BCUT2D eigenvalue weighted by Gasteiger charge is -2.01. The summed E-state index contributed by atoms with van der Waals surface area (Å²) in [6, 6.07) is 9.85. The van der Waals surface area contributed by atoms with Crippen LogP contribution in [0.25, 0.3) is 0 Å². The molecule has 0 saturated carbocycles. The fourth-order valence-electron chi connectivity index (χ4n) is 1.16. The molecule has 5 nitrogen and oxygen atoms in total. The number of hydrogen-bond donors (Lipinski definition) is 2. The number of nitrogens with zero attached hydrogens (tertiary/aromatic N) is 3. The molecule has 1 aromatic heterocycles. The molecular formula is C11H10N4OS. The van der Waals surface area contributed by atoms with Crippen molar-refractivity contribution in [3.8, 4) is 0 Å². The Labute approximate surface area is 102 Å². The predicted molar refractivity (Wildman–Crippen MR) is 65.1 cm³/mol. The lowest BCUT2D eigenvalue weighted by molar-refractivity contribution is 0.318. The number of rotatable bonds is 3. The molecular weight excluding hydrogens is 236 g/mol. The molecule has 6 heteroatoms.